The van der Waals surface area contributed by atoms with Crippen LogP contribution in [0.15, 0.2) is 56.6 Å². The smallest absolute Gasteiger partial charge is 0.325 e. The van der Waals surface area contributed by atoms with Crippen LogP contribution in [0.1, 0.15) is 17.3 Å². The van der Waals surface area contributed by atoms with Crippen molar-refractivity contribution in [3.05, 3.63) is 52.3 Å². The minimum absolute atomic E-state index is 0. The summed E-state index contributed by atoms with van der Waals surface area (Å²) < 4.78 is 33.7. The maximum Gasteiger partial charge on any atom is 0.325 e. The fourth-order valence-corrected chi connectivity index (χ4v) is 4.26. The molecule has 2 amide bonds. The summed E-state index contributed by atoms with van der Waals surface area (Å²) in [5.41, 5.74) is 0.623. The number of benzene rings is 2. The van der Waals surface area contributed by atoms with Crippen molar-refractivity contribution in [1.29, 1.82) is 0 Å². The molecule has 14 nitrogen and oxygen atoms in total. The first kappa shape index (κ1) is 34.2. The van der Waals surface area contributed by atoms with Gasteiger partial charge in [-0.25, -0.2) is 15.0 Å². The number of carbonyl (C=O) groups excluding carboxylic acids is 2. The average molecular weight is 626 g/mol. The zero-order valence-electron chi connectivity index (χ0n) is 21.0. The maximum absolute atomic E-state index is 12.8. The molecule has 2 radical (unpaired) electrons. The van der Waals surface area contributed by atoms with Crippen molar-refractivity contribution < 1.29 is 32.5 Å². The first-order chi connectivity index (χ1) is 17.8. The maximum atomic E-state index is 12.8. The number of aliphatic carboxylic acids is 1. The molecule has 3 N–H and O–H groups in total. The number of halogens is 2. The average Bonchev–Trinajstić information content (AvgIpc) is 3.09. The molecule has 0 saturated heterocycles. The van der Waals surface area contributed by atoms with Crippen molar-refractivity contribution >= 4 is 138 Å². The van der Waals surface area contributed by atoms with Crippen molar-refractivity contribution in [2.45, 2.75) is 17.9 Å². The monoisotopic (exact) mass is 625 g/mol. The van der Waals surface area contributed by atoms with Crippen LogP contribution >= 0.6 is 23.2 Å². The summed E-state index contributed by atoms with van der Waals surface area (Å²) in [7, 11) is -4.85. The number of hydrogen-bond donors (Lipinski definition) is 3. The zero-order valence-corrected chi connectivity index (χ0v) is 27.4. The molecule has 0 saturated carbocycles. The minimum atomic E-state index is -4.85. The topological polar surface area (TPSA) is 204 Å². The van der Waals surface area contributed by atoms with Crippen LogP contribution < -0.4 is 5.32 Å². The summed E-state index contributed by atoms with van der Waals surface area (Å²) in [6, 6.07) is 6.47. The van der Waals surface area contributed by atoms with E-state index in [1.807, 2.05) is 0 Å². The molecule has 198 valence electrons. The van der Waals surface area contributed by atoms with Gasteiger partial charge in [0, 0.05) is 70.4 Å². The van der Waals surface area contributed by atoms with Crippen LogP contribution in [0.4, 0.5) is 11.4 Å². The van der Waals surface area contributed by atoms with Gasteiger partial charge < -0.3 is 10.4 Å². The Morgan fingerprint density at radius 1 is 1.07 bits per heavy atom. The quantitative estimate of drug-likeness (QED) is 0.200. The number of carboxylic acid groups (broad SMARTS) is 1. The van der Waals surface area contributed by atoms with E-state index in [4.69, 9.17) is 28.3 Å². The summed E-state index contributed by atoms with van der Waals surface area (Å²) in [5, 5.41) is 23.4. The van der Waals surface area contributed by atoms with E-state index in [-0.39, 0.29) is 92.1 Å². The van der Waals surface area contributed by atoms with Gasteiger partial charge >= 0.3 is 5.97 Å². The number of aromatic nitrogens is 2. The molecule has 19 heteroatoms. The van der Waals surface area contributed by atoms with Gasteiger partial charge in [-0.3, -0.25) is 18.9 Å². The van der Waals surface area contributed by atoms with Crippen LogP contribution in [0.3, 0.4) is 0 Å². The van der Waals surface area contributed by atoms with Crippen LogP contribution in [0.5, 0.6) is 0 Å². The Kier molecular flexibility index (Phi) is 11.7. The number of fused-ring (bicyclic) bond motifs is 1. The molecule has 1 aromatic heterocycles. The van der Waals surface area contributed by atoms with Gasteiger partial charge in [-0.05, 0) is 43.3 Å². The Bertz CT molecular complexity index is 1690. The minimum Gasteiger partial charge on any atom is -0.480 e. The zero-order chi connectivity index (χ0) is 27.8. The molecule has 1 aliphatic heterocycles. The fourth-order valence-electron chi connectivity index (χ4n) is 3.35. The molecule has 0 aliphatic carbocycles. The van der Waals surface area contributed by atoms with Crippen LogP contribution in [0.25, 0.3) is 11.0 Å². The third-order valence-corrected chi connectivity index (χ3v) is 6.58. The molecule has 0 spiro atoms. The van der Waals surface area contributed by atoms with Crippen molar-refractivity contribution in [1.82, 2.24) is 15.0 Å². The molecule has 2 aromatic carbocycles. The number of anilines is 1. The number of carbonyl (C=O) groups is 3. The molecule has 0 bridgehead atoms. The Labute approximate surface area is 280 Å². The molecule has 3 aromatic rings. The van der Waals surface area contributed by atoms with Gasteiger partial charge in [-0.15, -0.1) is 0 Å². The Balaban J connectivity index is 0.00000280. The van der Waals surface area contributed by atoms with E-state index in [1.165, 1.54) is 31.2 Å². The van der Waals surface area contributed by atoms with Crippen molar-refractivity contribution in [2.75, 3.05) is 11.9 Å². The van der Waals surface area contributed by atoms with E-state index in [9.17, 15) is 27.4 Å². The second-order valence-corrected chi connectivity index (χ2v) is 9.88. The molecule has 40 heavy (non-hydrogen) atoms. The van der Waals surface area contributed by atoms with Crippen LogP contribution in [0.2, 0.25) is 10.3 Å². The number of azo groups is 1. The van der Waals surface area contributed by atoms with Gasteiger partial charge in [0.15, 0.2) is 16.3 Å². The van der Waals surface area contributed by atoms with Crippen LogP contribution in [0, 0.1) is 0 Å². The largest absolute Gasteiger partial charge is 0.480 e. The second-order valence-electron chi connectivity index (χ2n) is 7.77. The van der Waals surface area contributed by atoms with Gasteiger partial charge in [-0.1, -0.05) is 23.2 Å². The van der Waals surface area contributed by atoms with E-state index < -0.39 is 45.4 Å². The number of amides is 2. The molecular formula is C21H15Cl2N7Na2O7S. The first-order valence-electron chi connectivity index (χ1n) is 10.4. The van der Waals surface area contributed by atoms with E-state index in [0.29, 0.717) is 16.0 Å². The molecule has 1 unspecified atom stereocenters. The van der Waals surface area contributed by atoms with Crippen molar-refractivity contribution in [3.63, 3.8) is 0 Å². The molecular weight excluding hydrogens is 611 g/mol. The SMILES string of the molecule is CC1=NN(CC(=O)O)C(=O)C1N=Nc1ccc(NC(=O)c2ccc3nc(Cl)c(Cl)nc3c2)cc1S(=O)(=O)O.[Na].[Na]. The standard InChI is InChI=1S/C21H15Cl2N7O7S.2Na/c1-9-17(21(34)30(29-9)8-16(31)32)28-27-13-5-3-11(7-15(13)38(35,36)37)24-20(33)10-2-4-12-14(6-10)26-19(23)18(22)25-12;;/h2-7,17H,8H2,1H3,(H,24,33)(H,31,32)(H,35,36,37);;. The molecule has 1 atom stereocenters. The number of nitrogens with one attached hydrogen (secondary N) is 1. The van der Waals surface area contributed by atoms with E-state index in [2.05, 4.69) is 30.6 Å². The molecule has 2 heterocycles. The first-order valence-corrected chi connectivity index (χ1v) is 12.6. The van der Waals surface area contributed by atoms with Gasteiger partial charge in [0.05, 0.1) is 16.7 Å². The summed E-state index contributed by atoms with van der Waals surface area (Å²) in [6.07, 6.45) is 0. The normalized spacial score (nSPS) is 15.0. The van der Waals surface area contributed by atoms with E-state index >= 15 is 0 Å². The molecule has 0 fully saturated rings. The fraction of sp³-hybridized carbons (Fsp3) is 0.143. The molecule has 1 aliphatic rings. The Hall–Kier alpha value is -2.05. The van der Waals surface area contributed by atoms with E-state index in [1.54, 1.807) is 0 Å². The summed E-state index contributed by atoms with van der Waals surface area (Å²) in [5.74, 6) is -2.70. The van der Waals surface area contributed by atoms with E-state index in [0.717, 1.165) is 12.1 Å². The number of rotatable bonds is 7. The van der Waals surface area contributed by atoms with Crippen molar-refractivity contribution in [2.24, 2.45) is 15.3 Å². The number of carboxylic acids is 1. The number of hydrogen-bond acceptors (Lipinski definition) is 10. The van der Waals surface area contributed by atoms with Crippen LogP contribution in [-0.4, -0.2) is 128 Å². The number of nitrogens with zero attached hydrogens (tertiary/aromatic N) is 6. The predicted molar refractivity (Wildman–Crippen MR) is 146 cm³/mol. The third kappa shape index (κ3) is 7.82. The van der Waals surface area contributed by atoms with Crippen molar-refractivity contribution in [3.8, 4) is 0 Å². The summed E-state index contributed by atoms with van der Waals surface area (Å²) >= 11 is 11.7. The third-order valence-electron chi connectivity index (χ3n) is 5.07. The second kappa shape index (κ2) is 13.7. The van der Waals surface area contributed by atoms with Gasteiger partial charge in [-0.2, -0.15) is 23.7 Å². The Morgan fingerprint density at radius 2 is 1.73 bits per heavy atom. The number of hydrazone groups is 1. The molecule has 4 rings (SSSR count). The van der Waals surface area contributed by atoms with Gasteiger partial charge in [0.25, 0.3) is 21.9 Å². The Morgan fingerprint density at radius 3 is 2.35 bits per heavy atom. The van der Waals surface area contributed by atoms with Gasteiger partial charge in [0.1, 0.15) is 17.1 Å². The summed E-state index contributed by atoms with van der Waals surface area (Å²) in [4.78, 5) is 43.4. The predicted octanol–water partition coefficient (Wildman–Crippen LogP) is 2.43. The summed E-state index contributed by atoms with van der Waals surface area (Å²) in [6.45, 7) is 0.740. The van der Waals surface area contributed by atoms with Crippen LogP contribution in [-0.2, 0) is 19.7 Å². The van der Waals surface area contributed by atoms with Gasteiger partial charge in [0.2, 0.25) is 0 Å².